The zero-order valence-electron chi connectivity index (χ0n) is 18.2. The summed E-state index contributed by atoms with van der Waals surface area (Å²) < 4.78 is 10.3. The molecule has 0 spiro atoms. The van der Waals surface area contributed by atoms with E-state index in [4.69, 9.17) is 9.47 Å². The van der Waals surface area contributed by atoms with Crippen molar-refractivity contribution in [3.8, 4) is 5.75 Å². The van der Waals surface area contributed by atoms with Crippen LogP contribution in [0.3, 0.4) is 0 Å². The highest BCUT2D eigenvalue weighted by atomic mass is 16.5. The van der Waals surface area contributed by atoms with Crippen LogP contribution in [-0.2, 0) is 9.53 Å². The Morgan fingerprint density at radius 1 is 1.03 bits per heavy atom. The van der Waals surface area contributed by atoms with Gasteiger partial charge >= 0.3 is 12.0 Å². The van der Waals surface area contributed by atoms with Crippen molar-refractivity contribution in [2.45, 2.75) is 12.8 Å². The van der Waals surface area contributed by atoms with Crippen molar-refractivity contribution in [1.82, 2.24) is 10.3 Å². The second kappa shape index (κ2) is 9.99. The second-order valence-corrected chi connectivity index (χ2v) is 7.55. The van der Waals surface area contributed by atoms with Gasteiger partial charge in [-0.1, -0.05) is 18.2 Å². The summed E-state index contributed by atoms with van der Waals surface area (Å²) in [5.41, 5.74) is 1.56. The topological polar surface area (TPSA) is 110 Å². The third-order valence-corrected chi connectivity index (χ3v) is 5.26. The predicted molar refractivity (Wildman–Crippen MR) is 124 cm³/mol. The van der Waals surface area contributed by atoms with E-state index < -0.39 is 24.5 Å². The van der Waals surface area contributed by atoms with Crippen LogP contribution in [0.2, 0.25) is 0 Å². The van der Waals surface area contributed by atoms with Gasteiger partial charge in [-0.2, -0.15) is 0 Å². The molecule has 1 aliphatic rings. The molecule has 1 aliphatic heterocycles. The Labute approximate surface area is 190 Å². The summed E-state index contributed by atoms with van der Waals surface area (Å²) in [5.74, 6) is -0.221. The van der Waals surface area contributed by atoms with Gasteiger partial charge in [-0.3, -0.25) is 10.1 Å². The smallest absolute Gasteiger partial charge is 0.342 e. The number of anilines is 2. The fourth-order valence-corrected chi connectivity index (χ4v) is 3.63. The summed E-state index contributed by atoms with van der Waals surface area (Å²) in [7, 11) is 1.54. The van der Waals surface area contributed by atoms with E-state index in [0.717, 1.165) is 36.8 Å². The number of ether oxygens (including phenoxy) is 2. The lowest BCUT2D eigenvalue weighted by Crippen LogP contribution is -2.37. The molecule has 1 fully saturated rings. The number of carbonyl (C=O) groups excluding carboxylic acids is 3. The number of hydrogen-bond acceptors (Lipinski definition) is 7. The molecule has 9 nitrogen and oxygen atoms in total. The normalized spacial score (nSPS) is 12.9. The van der Waals surface area contributed by atoms with Gasteiger partial charge in [0.1, 0.15) is 17.1 Å². The number of amides is 3. The molecule has 170 valence electrons. The molecule has 3 aromatic rings. The number of aromatic nitrogens is 1. The third kappa shape index (κ3) is 5.38. The van der Waals surface area contributed by atoms with Crippen molar-refractivity contribution in [3.05, 3.63) is 60.2 Å². The van der Waals surface area contributed by atoms with E-state index in [9.17, 15) is 14.4 Å². The van der Waals surface area contributed by atoms with Crippen molar-refractivity contribution in [3.63, 3.8) is 0 Å². The van der Waals surface area contributed by atoms with Crippen molar-refractivity contribution >= 4 is 40.3 Å². The van der Waals surface area contributed by atoms with Crippen LogP contribution in [0.4, 0.5) is 16.3 Å². The van der Waals surface area contributed by atoms with Gasteiger partial charge in [0, 0.05) is 24.2 Å². The predicted octanol–water partition coefficient (Wildman–Crippen LogP) is 3.35. The molecular formula is C24H24N4O5. The lowest BCUT2D eigenvalue weighted by molar-refractivity contribution is -0.123. The van der Waals surface area contributed by atoms with E-state index in [1.165, 1.54) is 7.11 Å². The molecule has 1 saturated heterocycles. The number of rotatable bonds is 6. The van der Waals surface area contributed by atoms with E-state index in [0.29, 0.717) is 22.8 Å². The van der Waals surface area contributed by atoms with Crippen LogP contribution in [0.5, 0.6) is 5.75 Å². The number of pyridine rings is 1. The maximum absolute atomic E-state index is 12.8. The molecule has 0 bridgehead atoms. The minimum Gasteiger partial charge on any atom is -0.497 e. The highest BCUT2D eigenvalue weighted by Crippen LogP contribution is 2.27. The molecule has 2 N–H and O–H groups in total. The average molecular weight is 448 g/mol. The third-order valence-electron chi connectivity index (χ3n) is 5.26. The van der Waals surface area contributed by atoms with E-state index in [1.807, 2.05) is 29.2 Å². The molecule has 2 aromatic carbocycles. The van der Waals surface area contributed by atoms with E-state index in [-0.39, 0.29) is 0 Å². The van der Waals surface area contributed by atoms with Gasteiger partial charge in [-0.15, -0.1) is 0 Å². The van der Waals surface area contributed by atoms with E-state index >= 15 is 0 Å². The maximum Gasteiger partial charge on any atom is 0.342 e. The highest BCUT2D eigenvalue weighted by Gasteiger charge is 2.23. The molecule has 0 aliphatic carbocycles. The fraction of sp³-hybridized carbons (Fsp3) is 0.250. The van der Waals surface area contributed by atoms with Crippen LogP contribution in [0, 0.1) is 0 Å². The number of methoxy groups -OCH3 is 1. The van der Waals surface area contributed by atoms with Crippen molar-refractivity contribution in [2.75, 3.05) is 37.0 Å². The number of hydrogen-bond donors (Lipinski definition) is 2. The minimum atomic E-state index is -0.745. The molecule has 0 saturated carbocycles. The molecule has 33 heavy (non-hydrogen) atoms. The van der Waals surface area contributed by atoms with Crippen molar-refractivity contribution < 1.29 is 23.9 Å². The van der Waals surface area contributed by atoms with Gasteiger partial charge < -0.3 is 19.7 Å². The number of para-hydroxylation sites is 1. The van der Waals surface area contributed by atoms with E-state index in [2.05, 4.69) is 15.6 Å². The van der Waals surface area contributed by atoms with Crippen LogP contribution in [-0.4, -0.2) is 49.7 Å². The summed E-state index contributed by atoms with van der Waals surface area (Å²) in [6, 6.07) is 15.1. The number of esters is 1. The van der Waals surface area contributed by atoms with Gasteiger partial charge in [0.15, 0.2) is 6.61 Å². The molecule has 3 amide bonds. The standard InChI is InChI=1S/C24H24N4O5/c1-32-18-10-8-17(9-11-18)25-24(31)27-21(29)15-33-23(30)19-14-16-6-2-3-7-20(16)26-22(19)28-12-4-5-13-28/h2-3,6-11,14H,4-5,12-13,15H2,1H3,(H2,25,27,29,31). The Bertz CT molecular complexity index is 1170. The van der Waals surface area contributed by atoms with Gasteiger partial charge in [0.05, 0.1) is 12.6 Å². The molecule has 2 heterocycles. The molecule has 0 unspecified atom stereocenters. The number of fused-ring (bicyclic) bond motifs is 1. The Balaban J connectivity index is 1.39. The van der Waals surface area contributed by atoms with Crippen LogP contribution in [0.15, 0.2) is 54.6 Å². The number of nitrogens with zero attached hydrogens (tertiary/aromatic N) is 2. The molecule has 0 radical (unpaired) electrons. The summed E-state index contributed by atoms with van der Waals surface area (Å²) in [4.78, 5) is 43.7. The summed E-state index contributed by atoms with van der Waals surface area (Å²) in [6.45, 7) is 1.01. The van der Waals surface area contributed by atoms with Gasteiger partial charge in [0.2, 0.25) is 0 Å². The first-order chi connectivity index (χ1) is 16.0. The first-order valence-corrected chi connectivity index (χ1v) is 10.6. The molecular weight excluding hydrogens is 424 g/mol. The molecule has 4 rings (SSSR count). The number of benzene rings is 2. The lowest BCUT2D eigenvalue weighted by Gasteiger charge is -2.20. The summed E-state index contributed by atoms with van der Waals surface area (Å²) in [6.07, 6.45) is 2.05. The Hall–Kier alpha value is -4.14. The Kier molecular flexibility index (Phi) is 6.68. The first-order valence-electron chi connectivity index (χ1n) is 10.6. The molecule has 1 aromatic heterocycles. The van der Waals surface area contributed by atoms with Crippen LogP contribution < -0.4 is 20.3 Å². The Morgan fingerprint density at radius 2 is 1.76 bits per heavy atom. The number of carbonyl (C=O) groups is 3. The largest absolute Gasteiger partial charge is 0.497 e. The van der Waals surface area contributed by atoms with Gasteiger partial charge in [-0.05, 0) is 49.2 Å². The SMILES string of the molecule is COc1ccc(NC(=O)NC(=O)COC(=O)c2cc3ccccc3nc2N2CCCC2)cc1. The minimum absolute atomic E-state index is 0.297. The molecule has 0 atom stereocenters. The highest BCUT2D eigenvalue weighted by molar-refractivity contribution is 6.03. The quantitative estimate of drug-likeness (QED) is 0.557. The summed E-state index contributed by atoms with van der Waals surface area (Å²) in [5, 5.41) is 5.47. The lowest BCUT2D eigenvalue weighted by atomic mass is 10.1. The van der Waals surface area contributed by atoms with Crippen molar-refractivity contribution in [2.24, 2.45) is 0 Å². The van der Waals surface area contributed by atoms with Gasteiger partial charge in [-0.25, -0.2) is 14.6 Å². The van der Waals surface area contributed by atoms with Crippen LogP contribution >= 0.6 is 0 Å². The average Bonchev–Trinajstić information content (AvgIpc) is 3.37. The maximum atomic E-state index is 12.8. The first kappa shape index (κ1) is 22.1. The number of urea groups is 1. The zero-order valence-corrected chi connectivity index (χ0v) is 18.2. The number of nitrogens with one attached hydrogen (secondary N) is 2. The van der Waals surface area contributed by atoms with E-state index in [1.54, 1.807) is 30.3 Å². The summed E-state index contributed by atoms with van der Waals surface area (Å²) >= 11 is 0. The van der Waals surface area contributed by atoms with Crippen molar-refractivity contribution in [1.29, 1.82) is 0 Å². The number of imide groups is 1. The molecule has 9 heteroatoms. The monoisotopic (exact) mass is 448 g/mol. The van der Waals surface area contributed by atoms with Crippen LogP contribution in [0.1, 0.15) is 23.2 Å². The second-order valence-electron chi connectivity index (χ2n) is 7.55. The van der Waals surface area contributed by atoms with Gasteiger partial charge in [0.25, 0.3) is 5.91 Å². The van der Waals surface area contributed by atoms with Crippen LogP contribution in [0.25, 0.3) is 10.9 Å². The Morgan fingerprint density at radius 3 is 2.48 bits per heavy atom. The fourth-order valence-electron chi connectivity index (χ4n) is 3.63. The zero-order chi connectivity index (χ0) is 23.2.